The number of hydrogen-bond acceptors (Lipinski definition) is 6. The number of piperazine rings is 1. The number of hydrogen-bond donors (Lipinski definition) is 1. The number of anilines is 1. The first kappa shape index (κ1) is 20.3. The van der Waals surface area contributed by atoms with Crippen LogP contribution in [-0.2, 0) is 11.2 Å². The lowest BCUT2D eigenvalue weighted by atomic mass is 10.1. The van der Waals surface area contributed by atoms with Crippen molar-refractivity contribution in [1.29, 1.82) is 0 Å². The molecule has 3 aromatic rings. The second kappa shape index (κ2) is 9.23. The maximum absolute atomic E-state index is 12.5. The Morgan fingerprint density at radius 2 is 1.87 bits per heavy atom. The Hall–Kier alpha value is -2.97. The lowest BCUT2D eigenvalue weighted by molar-refractivity contribution is -0.117. The first-order chi connectivity index (χ1) is 14.6. The number of carbonyl (C=O) groups excluding carboxylic acids is 2. The minimum Gasteiger partial charge on any atom is -0.459 e. The van der Waals surface area contributed by atoms with Gasteiger partial charge in [0.15, 0.2) is 10.9 Å². The highest BCUT2D eigenvalue weighted by molar-refractivity contribution is 7.16. The lowest BCUT2D eigenvalue weighted by Gasteiger charge is -2.33. The Morgan fingerprint density at radius 1 is 1.10 bits per heavy atom. The number of nitrogens with one attached hydrogen (secondary N) is 1. The van der Waals surface area contributed by atoms with E-state index < -0.39 is 0 Å². The van der Waals surface area contributed by atoms with Crippen molar-refractivity contribution in [3.8, 4) is 11.3 Å². The van der Waals surface area contributed by atoms with Crippen molar-refractivity contribution in [2.45, 2.75) is 13.3 Å². The van der Waals surface area contributed by atoms with Crippen LogP contribution in [0.3, 0.4) is 0 Å². The molecular weight excluding hydrogens is 400 g/mol. The lowest BCUT2D eigenvalue weighted by Crippen LogP contribution is -2.50. The number of aryl methyl sites for hydroxylation is 1. The molecule has 0 radical (unpaired) electrons. The van der Waals surface area contributed by atoms with Crippen molar-refractivity contribution in [2.24, 2.45) is 0 Å². The van der Waals surface area contributed by atoms with Gasteiger partial charge in [0.25, 0.3) is 5.91 Å². The van der Waals surface area contributed by atoms with Crippen LogP contribution < -0.4 is 5.32 Å². The van der Waals surface area contributed by atoms with Crippen LogP contribution in [0.2, 0.25) is 0 Å². The minimum atomic E-state index is -0.104. The van der Waals surface area contributed by atoms with Crippen LogP contribution in [-0.4, -0.2) is 59.3 Å². The molecule has 1 aliphatic rings. The molecule has 0 atom stereocenters. The van der Waals surface area contributed by atoms with Crippen LogP contribution in [0.25, 0.3) is 11.3 Å². The zero-order chi connectivity index (χ0) is 20.9. The highest BCUT2D eigenvalue weighted by Crippen LogP contribution is 2.31. The normalized spacial score (nSPS) is 14.6. The topological polar surface area (TPSA) is 78.7 Å². The third-order valence-corrected chi connectivity index (χ3v) is 6.19. The number of furan rings is 1. The molecule has 0 bridgehead atoms. The smallest absolute Gasteiger partial charge is 0.289 e. The van der Waals surface area contributed by atoms with E-state index in [1.807, 2.05) is 35.2 Å². The van der Waals surface area contributed by atoms with E-state index in [9.17, 15) is 9.59 Å². The van der Waals surface area contributed by atoms with Gasteiger partial charge in [-0.2, -0.15) is 0 Å². The zero-order valence-corrected chi connectivity index (χ0v) is 17.7. The maximum atomic E-state index is 12.5. The number of aromatic nitrogens is 1. The summed E-state index contributed by atoms with van der Waals surface area (Å²) in [4.78, 5) is 34.5. The summed E-state index contributed by atoms with van der Waals surface area (Å²) in [5.41, 5.74) is 1.99. The summed E-state index contributed by atoms with van der Waals surface area (Å²) in [6, 6.07) is 13.4. The third-order valence-electron chi connectivity index (χ3n) is 5.07. The fourth-order valence-electron chi connectivity index (χ4n) is 3.49. The Morgan fingerprint density at radius 3 is 2.53 bits per heavy atom. The fraction of sp³-hybridized carbons (Fsp3) is 0.318. The molecule has 0 saturated carbocycles. The van der Waals surface area contributed by atoms with E-state index in [4.69, 9.17) is 4.42 Å². The van der Waals surface area contributed by atoms with Crippen LogP contribution in [0.5, 0.6) is 0 Å². The molecule has 7 nitrogen and oxygen atoms in total. The molecular formula is C22H24N4O3S. The standard InChI is InChI=1S/C22H24N4O3S/c1-2-18-20(16-7-4-3-5-8-16)24-22(30-18)23-19(27)15-25-10-12-26(13-11-25)21(28)17-9-6-14-29-17/h3-9,14H,2,10-13,15H2,1H3,(H,23,24,27). The van der Waals surface area contributed by atoms with Crippen molar-refractivity contribution in [2.75, 3.05) is 38.0 Å². The van der Waals surface area contributed by atoms with Crippen molar-refractivity contribution in [1.82, 2.24) is 14.8 Å². The number of nitrogens with zero attached hydrogens (tertiary/aromatic N) is 3. The summed E-state index contributed by atoms with van der Waals surface area (Å²) in [5.74, 6) is 0.162. The average Bonchev–Trinajstić information content (AvgIpc) is 3.44. The fourth-order valence-corrected chi connectivity index (χ4v) is 4.43. The van der Waals surface area contributed by atoms with Gasteiger partial charge in [0.2, 0.25) is 5.91 Å². The first-order valence-corrected chi connectivity index (χ1v) is 10.9. The third kappa shape index (κ3) is 4.60. The molecule has 8 heteroatoms. The van der Waals surface area contributed by atoms with Crippen molar-refractivity contribution in [3.05, 3.63) is 59.4 Å². The quantitative estimate of drug-likeness (QED) is 0.656. The van der Waals surface area contributed by atoms with Gasteiger partial charge in [-0.3, -0.25) is 14.5 Å². The Balaban J connectivity index is 1.31. The summed E-state index contributed by atoms with van der Waals surface area (Å²) < 4.78 is 5.18. The molecule has 3 heterocycles. The molecule has 2 amide bonds. The number of amides is 2. The van der Waals surface area contributed by atoms with Crippen LogP contribution in [0.4, 0.5) is 5.13 Å². The Bertz CT molecular complexity index is 993. The van der Waals surface area contributed by atoms with E-state index in [0.29, 0.717) is 37.1 Å². The largest absolute Gasteiger partial charge is 0.459 e. The summed E-state index contributed by atoms with van der Waals surface area (Å²) in [6.07, 6.45) is 2.36. The number of thiazole rings is 1. The Kier molecular flexibility index (Phi) is 6.25. The Labute approximate surface area is 179 Å². The molecule has 0 aliphatic carbocycles. The molecule has 4 rings (SSSR count). The molecule has 1 fully saturated rings. The van der Waals surface area contributed by atoms with Crippen LogP contribution in [0, 0.1) is 0 Å². The molecule has 1 saturated heterocycles. The summed E-state index contributed by atoms with van der Waals surface area (Å²) >= 11 is 1.52. The van der Waals surface area contributed by atoms with Gasteiger partial charge < -0.3 is 14.6 Å². The van der Waals surface area contributed by atoms with Crippen molar-refractivity contribution < 1.29 is 14.0 Å². The van der Waals surface area contributed by atoms with E-state index >= 15 is 0 Å². The molecule has 30 heavy (non-hydrogen) atoms. The number of carbonyl (C=O) groups is 2. The van der Waals surface area contributed by atoms with E-state index in [1.54, 1.807) is 17.0 Å². The van der Waals surface area contributed by atoms with Gasteiger partial charge in [0.1, 0.15) is 0 Å². The van der Waals surface area contributed by atoms with Crippen molar-refractivity contribution >= 4 is 28.3 Å². The average molecular weight is 425 g/mol. The van der Waals surface area contributed by atoms with E-state index in [2.05, 4.69) is 17.2 Å². The predicted octanol–water partition coefficient (Wildman–Crippen LogP) is 3.36. The number of rotatable bonds is 6. The SMILES string of the molecule is CCc1sc(NC(=O)CN2CCN(C(=O)c3ccco3)CC2)nc1-c1ccccc1. The summed E-state index contributed by atoms with van der Waals surface area (Å²) in [7, 11) is 0. The molecule has 2 aromatic heterocycles. The predicted molar refractivity (Wildman–Crippen MR) is 117 cm³/mol. The number of benzene rings is 1. The van der Waals surface area contributed by atoms with E-state index in [1.165, 1.54) is 17.6 Å². The highest BCUT2D eigenvalue weighted by atomic mass is 32.1. The monoisotopic (exact) mass is 424 g/mol. The minimum absolute atomic E-state index is 0.0863. The van der Waals surface area contributed by atoms with Gasteiger partial charge in [0, 0.05) is 36.6 Å². The van der Waals surface area contributed by atoms with Gasteiger partial charge >= 0.3 is 0 Å². The zero-order valence-electron chi connectivity index (χ0n) is 16.8. The van der Waals surface area contributed by atoms with E-state index in [-0.39, 0.29) is 18.4 Å². The van der Waals surface area contributed by atoms with Gasteiger partial charge in [-0.05, 0) is 18.6 Å². The molecule has 156 valence electrons. The van der Waals surface area contributed by atoms with Crippen LogP contribution in [0.15, 0.2) is 53.1 Å². The van der Waals surface area contributed by atoms with Gasteiger partial charge in [-0.1, -0.05) is 37.3 Å². The molecule has 1 aromatic carbocycles. The summed E-state index contributed by atoms with van der Waals surface area (Å²) in [5, 5.41) is 3.57. The van der Waals surface area contributed by atoms with E-state index in [0.717, 1.165) is 22.6 Å². The summed E-state index contributed by atoms with van der Waals surface area (Å²) in [6.45, 7) is 4.81. The van der Waals surface area contributed by atoms with Crippen LogP contribution >= 0.6 is 11.3 Å². The molecule has 0 unspecified atom stereocenters. The molecule has 1 aliphatic heterocycles. The molecule has 1 N–H and O–H groups in total. The van der Waals surface area contributed by atoms with Gasteiger partial charge in [-0.15, -0.1) is 11.3 Å². The molecule has 0 spiro atoms. The van der Waals surface area contributed by atoms with Gasteiger partial charge in [-0.25, -0.2) is 4.98 Å². The first-order valence-electron chi connectivity index (χ1n) is 10.0. The van der Waals surface area contributed by atoms with Crippen molar-refractivity contribution in [3.63, 3.8) is 0 Å². The van der Waals surface area contributed by atoms with Gasteiger partial charge in [0.05, 0.1) is 18.5 Å². The maximum Gasteiger partial charge on any atom is 0.289 e. The second-order valence-corrected chi connectivity index (χ2v) is 8.19. The highest BCUT2D eigenvalue weighted by Gasteiger charge is 2.25. The van der Waals surface area contributed by atoms with Crippen LogP contribution in [0.1, 0.15) is 22.4 Å². The second-order valence-electron chi connectivity index (χ2n) is 7.10.